The van der Waals surface area contributed by atoms with Crippen LogP contribution in [0.25, 0.3) is 0 Å². The molecule has 0 fully saturated rings. The molecule has 98 valence electrons. The predicted octanol–water partition coefficient (Wildman–Crippen LogP) is 3.16. The fraction of sp³-hybridized carbons (Fsp3) is 0.188. The third-order valence-corrected chi connectivity index (χ3v) is 2.78. The summed E-state index contributed by atoms with van der Waals surface area (Å²) >= 11 is 0. The van der Waals surface area contributed by atoms with Crippen molar-refractivity contribution in [1.82, 2.24) is 0 Å². The Hall–Kier alpha value is -2.13. The lowest BCUT2D eigenvalue weighted by atomic mass is 10.1. The molecule has 0 amide bonds. The lowest BCUT2D eigenvalue weighted by molar-refractivity contribution is 0.792. The molecule has 0 radical (unpaired) electrons. The quantitative estimate of drug-likeness (QED) is 0.652. The molecule has 0 aliphatic carbocycles. The number of rotatable bonds is 3. The van der Waals surface area contributed by atoms with Crippen molar-refractivity contribution in [3.05, 3.63) is 65.7 Å². The molecule has 0 aliphatic heterocycles. The molecule has 3 nitrogen and oxygen atoms in total. The Bertz CT molecular complexity index is 559. The number of para-hydroxylation sites is 1. The number of amidine groups is 1. The topological polar surface area (TPSA) is 50.4 Å². The number of nitrogens with zero attached hydrogens (tertiary/aromatic N) is 1. The van der Waals surface area contributed by atoms with E-state index < -0.39 is 0 Å². The maximum Gasteiger partial charge on any atom is 0.134 e. The molecule has 0 aromatic heterocycles. The Labute approximate surface area is 114 Å². The van der Waals surface area contributed by atoms with E-state index in [1.165, 1.54) is 5.56 Å². The third-order valence-electron chi connectivity index (χ3n) is 2.78. The molecule has 2 aromatic carbocycles. The van der Waals surface area contributed by atoms with Crippen LogP contribution < -0.4 is 11.1 Å². The molecule has 19 heavy (non-hydrogen) atoms. The number of nitrogens with two attached hydrogens (primary N) is 1. The van der Waals surface area contributed by atoms with Crippen molar-refractivity contribution in [1.29, 1.82) is 0 Å². The monoisotopic (exact) mass is 253 g/mol. The summed E-state index contributed by atoms with van der Waals surface area (Å²) in [5.41, 5.74) is 9.05. The summed E-state index contributed by atoms with van der Waals surface area (Å²) < 4.78 is 0. The summed E-state index contributed by atoms with van der Waals surface area (Å²) in [5.74, 6) is 0.796. The van der Waals surface area contributed by atoms with Crippen molar-refractivity contribution in [3.8, 4) is 0 Å². The van der Waals surface area contributed by atoms with Crippen LogP contribution >= 0.6 is 0 Å². The van der Waals surface area contributed by atoms with Crippen molar-refractivity contribution in [2.75, 3.05) is 5.32 Å². The molecule has 1 unspecified atom stereocenters. The van der Waals surface area contributed by atoms with Gasteiger partial charge < -0.3 is 11.1 Å². The van der Waals surface area contributed by atoms with Gasteiger partial charge in [0.2, 0.25) is 0 Å². The highest BCUT2D eigenvalue weighted by Gasteiger charge is 2.06. The second kappa shape index (κ2) is 6.16. The summed E-state index contributed by atoms with van der Waals surface area (Å²) in [4.78, 5) is 4.47. The van der Waals surface area contributed by atoms with Crippen LogP contribution in [0.1, 0.15) is 18.1 Å². The van der Waals surface area contributed by atoms with E-state index in [1.54, 1.807) is 0 Å². The average Bonchev–Trinajstić information content (AvgIpc) is 2.41. The van der Waals surface area contributed by atoms with Crippen LogP contribution in [0, 0.1) is 6.92 Å². The molecule has 2 rings (SSSR count). The van der Waals surface area contributed by atoms with Gasteiger partial charge in [0.1, 0.15) is 5.84 Å². The van der Waals surface area contributed by atoms with Crippen molar-refractivity contribution >= 4 is 11.5 Å². The van der Waals surface area contributed by atoms with Crippen LogP contribution in [-0.4, -0.2) is 12.0 Å². The molecular formula is C16H19N3. The highest BCUT2D eigenvalue weighted by molar-refractivity contribution is 6.08. The first-order valence-corrected chi connectivity index (χ1v) is 6.38. The smallest absolute Gasteiger partial charge is 0.134 e. The van der Waals surface area contributed by atoms with Gasteiger partial charge in [-0.1, -0.05) is 48.5 Å². The van der Waals surface area contributed by atoms with E-state index in [-0.39, 0.29) is 6.17 Å². The Morgan fingerprint density at radius 1 is 1.05 bits per heavy atom. The molecule has 3 N–H and O–H groups in total. The fourth-order valence-electron chi connectivity index (χ4n) is 1.82. The first kappa shape index (κ1) is 13.3. The van der Waals surface area contributed by atoms with Gasteiger partial charge in [0.05, 0.1) is 6.17 Å². The van der Waals surface area contributed by atoms with Crippen molar-refractivity contribution in [2.45, 2.75) is 20.0 Å². The second-order valence-corrected chi connectivity index (χ2v) is 4.52. The summed E-state index contributed by atoms with van der Waals surface area (Å²) in [6.07, 6.45) is -0.244. The van der Waals surface area contributed by atoms with Gasteiger partial charge in [-0.15, -0.1) is 0 Å². The molecule has 3 heteroatoms. The Kier molecular flexibility index (Phi) is 4.31. The summed E-state index contributed by atoms with van der Waals surface area (Å²) in [6, 6.07) is 18.1. The van der Waals surface area contributed by atoms with Gasteiger partial charge in [0, 0.05) is 11.3 Å². The van der Waals surface area contributed by atoms with Crippen LogP contribution in [0.5, 0.6) is 0 Å². The molecule has 0 saturated carbocycles. The van der Waals surface area contributed by atoms with Gasteiger partial charge in [0.15, 0.2) is 0 Å². The number of nitrogens with one attached hydrogen (secondary N) is 1. The number of hydrogen-bond donors (Lipinski definition) is 2. The zero-order valence-electron chi connectivity index (χ0n) is 11.3. The summed E-state index contributed by atoms with van der Waals surface area (Å²) in [6.45, 7) is 3.93. The first-order valence-electron chi connectivity index (χ1n) is 6.38. The van der Waals surface area contributed by atoms with E-state index in [0.717, 1.165) is 17.1 Å². The van der Waals surface area contributed by atoms with E-state index in [1.807, 2.05) is 55.5 Å². The molecule has 0 heterocycles. The highest BCUT2D eigenvalue weighted by atomic mass is 15.0. The summed E-state index contributed by atoms with van der Waals surface area (Å²) in [7, 11) is 0. The van der Waals surface area contributed by atoms with Crippen LogP contribution in [0.3, 0.4) is 0 Å². The molecule has 0 spiro atoms. The Morgan fingerprint density at radius 2 is 1.68 bits per heavy atom. The third kappa shape index (κ3) is 3.66. The number of aryl methyl sites for hydroxylation is 1. The van der Waals surface area contributed by atoms with Crippen LogP contribution in [0.15, 0.2) is 59.6 Å². The number of anilines is 1. The molecule has 0 bridgehead atoms. The molecular weight excluding hydrogens is 234 g/mol. The second-order valence-electron chi connectivity index (χ2n) is 4.52. The molecule has 1 atom stereocenters. The van der Waals surface area contributed by atoms with E-state index in [9.17, 15) is 0 Å². The van der Waals surface area contributed by atoms with Gasteiger partial charge >= 0.3 is 0 Å². The van der Waals surface area contributed by atoms with Crippen LogP contribution in [0.4, 0.5) is 5.69 Å². The Balaban J connectivity index is 2.33. The highest BCUT2D eigenvalue weighted by Crippen LogP contribution is 2.15. The van der Waals surface area contributed by atoms with Gasteiger partial charge in [-0.05, 0) is 25.5 Å². The molecule has 0 saturated heterocycles. The van der Waals surface area contributed by atoms with Crippen LogP contribution in [0.2, 0.25) is 0 Å². The standard InChI is InChI=1S/C16H19N3/c1-12-8-6-7-11-15(12)19-16(18-13(2)17)14-9-4-3-5-10-14/h3-11,13H,17H2,1-2H3,(H,18,19). The largest absolute Gasteiger partial charge is 0.340 e. The SMILES string of the molecule is Cc1ccccc1NC(=NC(C)N)c1ccccc1. The number of benzene rings is 2. The van der Waals surface area contributed by atoms with E-state index in [4.69, 9.17) is 5.73 Å². The van der Waals surface area contributed by atoms with E-state index in [0.29, 0.717) is 0 Å². The zero-order chi connectivity index (χ0) is 13.7. The fourth-order valence-corrected chi connectivity index (χ4v) is 1.82. The first-order chi connectivity index (χ1) is 9.16. The minimum absolute atomic E-state index is 0.244. The van der Waals surface area contributed by atoms with Crippen molar-refractivity contribution < 1.29 is 0 Å². The zero-order valence-corrected chi connectivity index (χ0v) is 11.3. The van der Waals surface area contributed by atoms with E-state index in [2.05, 4.69) is 23.3 Å². The molecule has 2 aromatic rings. The van der Waals surface area contributed by atoms with Gasteiger partial charge in [-0.25, -0.2) is 4.99 Å². The maximum absolute atomic E-state index is 5.79. The average molecular weight is 253 g/mol. The summed E-state index contributed by atoms with van der Waals surface area (Å²) in [5, 5.41) is 3.36. The normalized spacial score (nSPS) is 13.1. The number of hydrogen-bond acceptors (Lipinski definition) is 2. The Morgan fingerprint density at radius 3 is 2.32 bits per heavy atom. The van der Waals surface area contributed by atoms with Gasteiger partial charge in [-0.3, -0.25) is 0 Å². The number of aliphatic imine (C=N–C) groups is 1. The van der Waals surface area contributed by atoms with Crippen LogP contribution in [-0.2, 0) is 0 Å². The minimum Gasteiger partial charge on any atom is -0.340 e. The lowest BCUT2D eigenvalue weighted by Crippen LogP contribution is -2.21. The van der Waals surface area contributed by atoms with Crippen molar-refractivity contribution in [3.63, 3.8) is 0 Å². The van der Waals surface area contributed by atoms with Gasteiger partial charge in [0.25, 0.3) is 0 Å². The minimum atomic E-state index is -0.244. The van der Waals surface area contributed by atoms with E-state index >= 15 is 0 Å². The molecule has 0 aliphatic rings. The van der Waals surface area contributed by atoms with Gasteiger partial charge in [-0.2, -0.15) is 0 Å². The lowest BCUT2D eigenvalue weighted by Gasteiger charge is -2.13. The predicted molar refractivity (Wildman–Crippen MR) is 81.4 cm³/mol. The maximum atomic E-state index is 5.79. The van der Waals surface area contributed by atoms with Crippen molar-refractivity contribution in [2.24, 2.45) is 10.7 Å².